The number of para-hydroxylation sites is 1. The number of aromatic amines is 1. The van der Waals surface area contributed by atoms with Crippen LogP contribution in [0.3, 0.4) is 0 Å². The fourth-order valence-electron chi connectivity index (χ4n) is 3.08. The number of carbonyl (C=O) groups is 2. The number of hydrogen-bond donors (Lipinski definition) is 2. The molecule has 0 unspecified atom stereocenters. The molecule has 0 atom stereocenters. The first-order valence-corrected chi connectivity index (χ1v) is 9.15. The molecule has 0 bridgehead atoms. The van der Waals surface area contributed by atoms with E-state index in [0.717, 1.165) is 22.0 Å². The van der Waals surface area contributed by atoms with E-state index in [2.05, 4.69) is 16.4 Å². The molecule has 0 spiro atoms. The summed E-state index contributed by atoms with van der Waals surface area (Å²) in [4.78, 5) is 29.0. The van der Waals surface area contributed by atoms with Gasteiger partial charge < -0.3 is 15.2 Å². The van der Waals surface area contributed by atoms with E-state index in [4.69, 9.17) is 0 Å². The van der Waals surface area contributed by atoms with Crippen molar-refractivity contribution in [2.24, 2.45) is 0 Å². The molecule has 3 rings (SSSR count). The number of aryl methyl sites for hydroxylation is 1. The van der Waals surface area contributed by atoms with Crippen LogP contribution in [0.15, 0.2) is 54.7 Å². The van der Waals surface area contributed by atoms with Crippen LogP contribution in [0.4, 0.5) is 0 Å². The highest BCUT2D eigenvalue weighted by molar-refractivity contribution is 5.84. The van der Waals surface area contributed by atoms with Crippen LogP contribution in [0.25, 0.3) is 10.9 Å². The first kappa shape index (κ1) is 18.7. The van der Waals surface area contributed by atoms with Crippen LogP contribution in [0, 0.1) is 6.92 Å². The molecule has 5 heteroatoms. The van der Waals surface area contributed by atoms with E-state index in [1.54, 1.807) is 4.90 Å². The topological polar surface area (TPSA) is 65.2 Å². The van der Waals surface area contributed by atoms with E-state index >= 15 is 0 Å². The summed E-state index contributed by atoms with van der Waals surface area (Å²) in [6.07, 6.45) is 2.68. The molecule has 27 heavy (non-hydrogen) atoms. The minimum atomic E-state index is -0.148. The molecule has 0 radical (unpaired) electrons. The van der Waals surface area contributed by atoms with Gasteiger partial charge in [0.15, 0.2) is 0 Å². The number of nitrogens with zero attached hydrogens (tertiary/aromatic N) is 1. The molecule has 0 saturated heterocycles. The van der Waals surface area contributed by atoms with Crippen LogP contribution >= 0.6 is 0 Å². The van der Waals surface area contributed by atoms with E-state index in [1.165, 1.54) is 12.5 Å². The molecule has 2 aromatic carbocycles. The van der Waals surface area contributed by atoms with Crippen LogP contribution in [0.1, 0.15) is 23.6 Å². The van der Waals surface area contributed by atoms with Gasteiger partial charge >= 0.3 is 0 Å². The van der Waals surface area contributed by atoms with Crippen molar-refractivity contribution < 1.29 is 9.59 Å². The molecule has 0 aliphatic rings. The summed E-state index contributed by atoms with van der Waals surface area (Å²) in [5.41, 5.74) is 4.46. The third-order valence-electron chi connectivity index (χ3n) is 4.72. The van der Waals surface area contributed by atoms with Gasteiger partial charge in [0.25, 0.3) is 0 Å². The zero-order valence-corrected chi connectivity index (χ0v) is 15.8. The SMILES string of the molecule is CC(=O)N(CCc1c[nH]c2ccccc12)CC(=O)NCc1ccc(C)cc1. The molecule has 1 aromatic heterocycles. The molecule has 0 fully saturated rings. The molecule has 140 valence electrons. The highest BCUT2D eigenvalue weighted by atomic mass is 16.2. The average molecular weight is 363 g/mol. The first-order chi connectivity index (χ1) is 13.0. The van der Waals surface area contributed by atoms with Gasteiger partial charge in [-0.1, -0.05) is 48.0 Å². The minimum absolute atomic E-state index is 0.0730. The number of hydrogen-bond acceptors (Lipinski definition) is 2. The number of aromatic nitrogens is 1. The Balaban J connectivity index is 1.54. The predicted molar refractivity (Wildman–Crippen MR) is 107 cm³/mol. The van der Waals surface area contributed by atoms with Gasteiger partial charge in [0.05, 0.1) is 6.54 Å². The normalized spacial score (nSPS) is 10.7. The smallest absolute Gasteiger partial charge is 0.239 e. The maximum Gasteiger partial charge on any atom is 0.239 e. The predicted octanol–water partition coefficient (Wildman–Crippen LogP) is 3.18. The fraction of sp³-hybridized carbons (Fsp3) is 0.273. The summed E-state index contributed by atoms with van der Waals surface area (Å²) < 4.78 is 0. The molecule has 2 amide bonds. The average Bonchev–Trinajstić information content (AvgIpc) is 3.07. The largest absolute Gasteiger partial charge is 0.361 e. The van der Waals surface area contributed by atoms with Gasteiger partial charge in [-0.25, -0.2) is 0 Å². The standard InChI is InChI=1S/C22H25N3O2/c1-16-7-9-18(10-8-16)13-24-22(27)15-25(17(2)26)12-11-19-14-23-21-6-4-3-5-20(19)21/h3-10,14,23H,11-13,15H2,1-2H3,(H,24,27). The van der Waals surface area contributed by atoms with Crippen molar-refractivity contribution >= 4 is 22.7 Å². The minimum Gasteiger partial charge on any atom is -0.361 e. The van der Waals surface area contributed by atoms with Crippen molar-refractivity contribution in [3.05, 3.63) is 71.4 Å². The third-order valence-corrected chi connectivity index (χ3v) is 4.72. The monoisotopic (exact) mass is 363 g/mol. The lowest BCUT2D eigenvalue weighted by Crippen LogP contribution is -2.40. The summed E-state index contributed by atoms with van der Waals surface area (Å²) in [5, 5.41) is 4.04. The zero-order valence-electron chi connectivity index (χ0n) is 15.8. The van der Waals surface area contributed by atoms with Crippen LogP contribution in [0.2, 0.25) is 0 Å². The van der Waals surface area contributed by atoms with Gasteiger partial charge in [-0.3, -0.25) is 9.59 Å². The second-order valence-electron chi connectivity index (χ2n) is 6.81. The van der Waals surface area contributed by atoms with Crippen molar-refractivity contribution in [1.29, 1.82) is 0 Å². The van der Waals surface area contributed by atoms with Gasteiger partial charge in [0, 0.05) is 37.1 Å². The molecule has 3 aromatic rings. The Morgan fingerprint density at radius 1 is 1.07 bits per heavy atom. The number of nitrogens with one attached hydrogen (secondary N) is 2. The Morgan fingerprint density at radius 3 is 2.56 bits per heavy atom. The zero-order chi connectivity index (χ0) is 19.2. The summed E-state index contributed by atoms with van der Waals surface area (Å²) in [5.74, 6) is -0.245. The van der Waals surface area contributed by atoms with Crippen molar-refractivity contribution in [2.75, 3.05) is 13.1 Å². The van der Waals surface area contributed by atoms with Gasteiger partial charge in [0.2, 0.25) is 11.8 Å². The molecule has 0 saturated carbocycles. The second kappa shape index (κ2) is 8.54. The lowest BCUT2D eigenvalue weighted by atomic mass is 10.1. The van der Waals surface area contributed by atoms with Crippen LogP contribution in [0.5, 0.6) is 0 Å². The molecular weight excluding hydrogens is 338 g/mol. The number of rotatable bonds is 7. The molecule has 0 aliphatic heterocycles. The Bertz CT molecular complexity index is 928. The first-order valence-electron chi connectivity index (χ1n) is 9.15. The Kier molecular flexibility index (Phi) is 5.91. The Labute approximate surface area is 159 Å². The summed E-state index contributed by atoms with van der Waals surface area (Å²) in [7, 11) is 0. The molecule has 1 heterocycles. The van der Waals surface area contributed by atoms with Gasteiger partial charge in [-0.05, 0) is 30.5 Å². The number of fused-ring (bicyclic) bond motifs is 1. The lowest BCUT2D eigenvalue weighted by molar-refractivity contribution is -0.134. The Hall–Kier alpha value is -3.08. The second-order valence-corrected chi connectivity index (χ2v) is 6.81. The van der Waals surface area contributed by atoms with Crippen LogP contribution < -0.4 is 5.32 Å². The van der Waals surface area contributed by atoms with Crippen LogP contribution in [-0.4, -0.2) is 34.8 Å². The number of benzene rings is 2. The summed E-state index contributed by atoms with van der Waals surface area (Å²) in [6, 6.07) is 16.1. The lowest BCUT2D eigenvalue weighted by Gasteiger charge is -2.20. The van der Waals surface area contributed by atoms with Gasteiger partial charge in [-0.15, -0.1) is 0 Å². The molecule has 0 aliphatic carbocycles. The third kappa shape index (κ3) is 4.97. The van der Waals surface area contributed by atoms with E-state index in [9.17, 15) is 9.59 Å². The maximum atomic E-state index is 12.3. The van der Waals surface area contributed by atoms with Crippen molar-refractivity contribution in [3.8, 4) is 0 Å². The van der Waals surface area contributed by atoms with E-state index in [-0.39, 0.29) is 18.4 Å². The van der Waals surface area contributed by atoms with Crippen molar-refractivity contribution in [3.63, 3.8) is 0 Å². The van der Waals surface area contributed by atoms with Crippen LogP contribution in [-0.2, 0) is 22.6 Å². The number of amides is 2. The van der Waals surface area contributed by atoms with Gasteiger partial charge in [0.1, 0.15) is 0 Å². The highest BCUT2D eigenvalue weighted by Crippen LogP contribution is 2.18. The molecule has 2 N–H and O–H groups in total. The highest BCUT2D eigenvalue weighted by Gasteiger charge is 2.14. The van der Waals surface area contributed by atoms with E-state index < -0.39 is 0 Å². The number of carbonyl (C=O) groups excluding carboxylic acids is 2. The van der Waals surface area contributed by atoms with Crippen molar-refractivity contribution in [2.45, 2.75) is 26.8 Å². The number of H-pyrrole nitrogens is 1. The van der Waals surface area contributed by atoms with E-state index in [1.807, 2.05) is 55.6 Å². The summed E-state index contributed by atoms with van der Waals surface area (Å²) >= 11 is 0. The quantitative estimate of drug-likeness (QED) is 0.677. The fourth-order valence-corrected chi connectivity index (χ4v) is 3.08. The van der Waals surface area contributed by atoms with Crippen molar-refractivity contribution in [1.82, 2.24) is 15.2 Å². The molecular formula is C22H25N3O2. The van der Waals surface area contributed by atoms with Gasteiger partial charge in [-0.2, -0.15) is 0 Å². The Morgan fingerprint density at radius 2 is 1.81 bits per heavy atom. The molecule has 5 nitrogen and oxygen atoms in total. The summed E-state index contributed by atoms with van der Waals surface area (Å²) in [6.45, 7) is 4.58. The van der Waals surface area contributed by atoms with E-state index in [0.29, 0.717) is 19.5 Å². The maximum absolute atomic E-state index is 12.3.